The first-order valence-electron chi connectivity index (χ1n) is 2.85. The molecule has 9 heavy (non-hydrogen) atoms. The van der Waals surface area contributed by atoms with Crippen LogP contribution in [-0.4, -0.2) is 11.2 Å². The Bertz CT molecular complexity index is 168. The van der Waals surface area contributed by atoms with Gasteiger partial charge in [-0.05, 0) is 13.8 Å². The summed E-state index contributed by atoms with van der Waals surface area (Å²) < 4.78 is 5.01. The smallest absolute Gasteiger partial charge is 0.129 e. The van der Waals surface area contributed by atoms with Gasteiger partial charge in [0.25, 0.3) is 0 Å². The van der Waals surface area contributed by atoms with Crippen LogP contribution in [0.5, 0.6) is 0 Å². The number of ether oxygens (including phenoxy) is 1. The van der Waals surface area contributed by atoms with Gasteiger partial charge in [-0.1, -0.05) is 0 Å². The van der Waals surface area contributed by atoms with Crippen molar-refractivity contribution in [1.29, 1.82) is 0 Å². The molecule has 0 aliphatic carbocycles. The molecule has 2 heteroatoms. The van der Waals surface area contributed by atoms with Gasteiger partial charge in [0, 0.05) is 11.6 Å². The lowest BCUT2D eigenvalue weighted by atomic mass is 10.2. The molecule has 1 N–H and O–H groups in total. The Morgan fingerprint density at radius 3 is 2.89 bits per heavy atom. The molecule has 0 aromatic rings. The maximum atomic E-state index is 9.01. The third kappa shape index (κ3) is 1.25. The molecular formula is C7H9O2. The van der Waals surface area contributed by atoms with Crippen LogP contribution < -0.4 is 0 Å². The highest BCUT2D eigenvalue weighted by Gasteiger charge is 2.08. The minimum absolute atomic E-state index is 0.117. The average molecular weight is 125 g/mol. The van der Waals surface area contributed by atoms with E-state index in [0.717, 1.165) is 5.57 Å². The number of hydrogen-bond donors (Lipinski definition) is 1. The van der Waals surface area contributed by atoms with Crippen LogP contribution in [0.2, 0.25) is 0 Å². The highest BCUT2D eigenvalue weighted by atomic mass is 16.5. The summed E-state index contributed by atoms with van der Waals surface area (Å²) in [6, 6.07) is 0. The fourth-order valence-electron chi connectivity index (χ4n) is 0.600. The van der Waals surface area contributed by atoms with E-state index in [9.17, 15) is 0 Å². The quantitative estimate of drug-likeness (QED) is 0.532. The molecule has 1 atom stereocenters. The Labute approximate surface area is 54.5 Å². The van der Waals surface area contributed by atoms with Crippen LogP contribution >= 0.6 is 0 Å². The number of allylic oxidation sites excluding steroid dienone is 1. The van der Waals surface area contributed by atoms with E-state index in [1.165, 1.54) is 6.26 Å². The second-order valence-electron chi connectivity index (χ2n) is 2.07. The molecule has 1 rings (SSSR count). The molecule has 0 aromatic heterocycles. The predicted molar refractivity (Wildman–Crippen MR) is 33.7 cm³/mol. The standard InChI is InChI=1S/C7H9O2/c1-5-4-9-6(2)3-7(5)8/h4,6,8H,1-2H3. The van der Waals surface area contributed by atoms with E-state index in [1.54, 1.807) is 6.92 Å². The SMILES string of the molecule is CC1=COC(C)[C]=C1O. The fourth-order valence-corrected chi connectivity index (χ4v) is 0.600. The summed E-state index contributed by atoms with van der Waals surface area (Å²) in [5.41, 5.74) is 0.730. The average Bonchev–Trinajstić information content (AvgIpc) is 1.80. The zero-order valence-electron chi connectivity index (χ0n) is 5.51. The summed E-state index contributed by atoms with van der Waals surface area (Å²) in [7, 11) is 0. The summed E-state index contributed by atoms with van der Waals surface area (Å²) in [5, 5.41) is 9.01. The number of rotatable bonds is 0. The van der Waals surface area contributed by atoms with Crippen molar-refractivity contribution in [3.05, 3.63) is 23.7 Å². The molecule has 1 radical (unpaired) electrons. The van der Waals surface area contributed by atoms with Gasteiger partial charge in [0.05, 0.1) is 6.26 Å². The molecule has 0 spiro atoms. The van der Waals surface area contributed by atoms with Crippen LogP contribution in [0.15, 0.2) is 17.6 Å². The normalized spacial score (nSPS) is 26.2. The van der Waals surface area contributed by atoms with Gasteiger partial charge in [0.1, 0.15) is 11.9 Å². The van der Waals surface area contributed by atoms with E-state index in [4.69, 9.17) is 9.84 Å². The predicted octanol–water partition coefficient (Wildman–Crippen LogP) is 1.55. The highest BCUT2D eigenvalue weighted by Crippen LogP contribution is 2.12. The maximum absolute atomic E-state index is 9.01. The number of aliphatic hydroxyl groups excluding tert-OH is 1. The third-order valence-electron chi connectivity index (χ3n) is 1.16. The summed E-state index contributed by atoms with van der Waals surface area (Å²) >= 11 is 0. The Morgan fingerprint density at radius 1 is 1.78 bits per heavy atom. The molecule has 1 aliphatic rings. The van der Waals surface area contributed by atoms with Gasteiger partial charge >= 0.3 is 0 Å². The first-order valence-corrected chi connectivity index (χ1v) is 2.85. The molecular weight excluding hydrogens is 116 g/mol. The van der Waals surface area contributed by atoms with Crippen molar-refractivity contribution < 1.29 is 9.84 Å². The Morgan fingerprint density at radius 2 is 2.44 bits per heavy atom. The van der Waals surface area contributed by atoms with Crippen molar-refractivity contribution in [3.8, 4) is 0 Å². The minimum Gasteiger partial charge on any atom is -0.507 e. The van der Waals surface area contributed by atoms with E-state index in [0.29, 0.717) is 0 Å². The summed E-state index contributed by atoms with van der Waals surface area (Å²) in [6.45, 7) is 3.59. The van der Waals surface area contributed by atoms with E-state index in [1.807, 2.05) is 6.92 Å². The monoisotopic (exact) mass is 125 g/mol. The second-order valence-corrected chi connectivity index (χ2v) is 2.07. The van der Waals surface area contributed by atoms with Gasteiger partial charge in [-0.25, -0.2) is 0 Å². The van der Waals surface area contributed by atoms with Gasteiger partial charge in [0.2, 0.25) is 0 Å². The van der Waals surface area contributed by atoms with E-state index in [2.05, 4.69) is 6.08 Å². The van der Waals surface area contributed by atoms with E-state index in [-0.39, 0.29) is 11.9 Å². The van der Waals surface area contributed by atoms with Crippen molar-refractivity contribution in [2.24, 2.45) is 0 Å². The summed E-state index contributed by atoms with van der Waals surface area (Å²) in [6.07, 6.45) is 4.13. The third-order valence-corrected chi connectivity index (χ3v) is 1.16. The second kappa shape index (κ2) is 2.13. The van der Waals surface area contributed by atoms with E-state index < -0.39 is 0 Å². The zero-order valence-corrected chi connectivity index (χ0v) is 5.51. The van der Waals surface area contributed by atoms with Gasteiger partial charge in [-0.2, -0.15) is 0 Å². The Hall–Kier alpha value is -0.920. The molecule has 0 aromatic carbocycles. The van der Waals surface area contributed by atoms with Crippen LogP contribution in [0.25, 0.3) is 0 Å². The Kier molecular flexibility index (Phi) is 1.47. The molecule has 1 heterocycles. The van der Waals surface area contributed by atoms with Crippen molar-refractivity contribution in [2.75, 3.05) is 0 Å². The lowest BCUT2D eigenvalue weighted by Gasteiger charge is -2.12. The van der Waals surface area contributed by atoms with Crippen LogP contribution in [0.4, 0.5) is 0 Å². The number of hydrogen-bond acceptors (Lipinski definition) is 2. The largest absolute Gasteiger partial charge is 0.507 e. The zero-order chi connectivity index (χ0) is 6.85. The minimum atomic E-state index is -0.117. The lowest BCUT2D eigenvalue weighted by molar-refractivity contribution is 0.179. The van der Waals surface area contributed by atoms with Crippen LogP contribution in [0.3, 0.4) is 0 Å². The van der Waals surface area contributed by atoms with Crippen LogP contribution in [0.1, 0.15) is 13.8 Å². The maximum Gasteiger partial charge on any atom is 0.129 e. The van der Waals surface area contributed by atoms with Crippen molar-refractivity contribution in [1.82, 2.24) is 0 Å². The van der Waals surface area contributed by atoms with Crippen LogP contribution in [0, 0.1) is 6.08 Å². The topological polar surface area (TPSA) is 29.5 Å². The van der Waals surface area contributed by atoms with Gasteiger partial charge in [0.15, 0.2) is 0 Å². The van der Waals surface area contributed by atoms with E-state index >= 15 is 0 Å². The highest BCUT2D eigenvalue weighted by molar-refractivity contribution is 5.21. The molecule has 0 bridgehead atoms. The van der Waals surface area contributed by atoms with Crippen molar-refractivity contribution >= 4 is 0 Å². The summed E-state index contributed by atoms with van der Waals surface area (Å²) in [4.78, 5) is 0. The molecule has 0 saturated heterocycles. The molecule has 1 aliphatic heterocycles. The number of aliphatic hydroxyl groups is 1. The van der Waals surface area contributed by atoms with Gasteiger partial charge in [-0.3, -0.25) is 0 Å². The molecule has 0 amide bonds. The summed E-state index contributed by atoms with van der Waals surface area (Å²) in [5.74, 6) is 0.203. The molecule has 0 fully saturated rings. The van der Waals surface area contributed by atoms with Gasteiger partial charge < -0.3 is 9.84 Å². The van der Waals surface area contributed by atoms with Gasteiger partial charge in [-0.15, -0.1) is 0 Å². The lowest BCUT2D eigenvalue weighted by Crippen LogP contribution is -2.07. The Balaban J connectivity index is 2.75. The first-order chi connectivity index (χ1) is 4.20. The van der Waals surface area contributed by atoms with Crippen molar-refractivity contribution in [2.45, 2.75) is 20.0 Å². The molecule has 1 unspecified atom stereocenters. The van der Waals surface area contributed by atoms with Crippen molar-refractivity contribution in [3.63, 3.8) is 0 Å². The fraction of sp³-hybridized carbons (Fsp3) is 0.429. The van der Waals surface area contributed by atoms with Crippen LogP contribution in [-0.2, 0) is 4.74 Å². The molecule has 49 valence electrons. The molecule has 2 nitrogen and oxygen atoms in total. The first kappa shape index (κ1) is 6.20. The molecule has 0 saturated carbocycles.